The van der Waals surface area contributed by atoms with Gasteiger partial charge in [-0.1, -0.05) is 0 Å². The zero-order chi connectivity index (χ0) is 10.1. The Balaban J connectivity index is 3.23. The van der Waals surface area contributed by atoms with Crippen molar-refractivity contribution < 1.29 is 14.9 Å². The quantitative estimate of drug-likeness (QED) is 0.364. The van der Waals surface area contributed by atoms with Gasteiger partial charge in [-0.05, 0) is 14.1 Å². The second kappa shape index (κ2) is 8.40. The SMILES string of the molecule is CNCC(O)COCC(O)CNC. The highest BCUT2D eigenvalue weighted by atomic mass is 16.5. The topological polar surface area (TPSA) is 73.8 Å². The van der Waals surface area contributed by atoms with Crippen molar-refractivity contribution in [2.24, 2.45) is 0 Å². The van der Waals surface area contributed by atoms with E-state index in [9.17, 15) is 10.2 Å². The molecule has 0 aliphatic carbocycles. The van der Waals surface area contributed by atoms with Gasteiger partial charge in [0.15, 0.2) is 0 Å². The molecule has 0 fully saturated rings. The minimum Gasteiger partial charge on any atom is -0.389 e. The highest BCUT2D eigenvalue weighted by molar-refractivity contribution is 4.58. The van der Waals surface area contributed by atoms with Gasteiger partial charge < -0.3 is 25.6 Å². The lowest BCUT2D eigenvalue weighted by Gasteiger charge is -2.13. The standard InChI is InChI=1S/C8H20N2O3/c1-9-3-7(11)5-13-6-8(12)4-10-2/h7-12H,3-6H2,1-2H3. The normalized spacial score (nSPS) is 15.7. The van der Waals surface area contributed by atoms with E-state index < -0.39 is 12.2 Å². The minimum atomic E-state index is -0.508. The lowest BCUT2D eigenvalue weighted by Crippen LogP contribution is -2.32. The number of hydrogen-bond acceptors (Lipinski definition) is 5. The van der Waals surface area contributed by atoms with Crippen molar-refractivity contribution in [3.8, 4) is 0 Å². The summed E-state index contributed by atoms with van der Waals surface area (Å²) in [7, 11) is 3.53. The molecule has 0 saturated carbocycles. The average Bonchev–Trinajstić information content (AvgIpc) is 2.05. The molecule has 2 atom stereocenters. The van der Waals surface area contributed by atoms with E-state index in [2.05, 4.69) is 10.6 Å². The Morgan fingerprint density at radius 3 is 1.69 bits per heavy atom. The summed E-state index contributed by atoms with van der Waals surface area (Å²) in [6.45, 7) is 1.51. The first-order chi connectivity index (χ1) is 6.20. The summed E-state index contributed by atoms with van der Waals surface area (Å²) in [5.74, 6) is 0. The molecule has 5 nitrogen and oxygen atoms in total. The van der Waals surface area contributed by atoms with Crippen LogP contribution in [0, 0.1) is 0 Å². The van der Waals surface area contributed by atoms with Crippen LogP contribution >= 0.6 is 0 Å². The molecule has 0 radical (unpaired) electrons. The third-order valence-electron chi connectivity index (χ3n) is 1.50. The van der Waals surface area contributed by atoms with Gasteiger partial charge >= 0.3 is 0 Å². The first-order valence-electron chi connectivity index (χ1n) is 4.43. The Morgan fingerprint density at radius 2 is 1.38 bits per heavy atom. The molecular weight excluding hydrogens is 172 g/mol. The van der Waals surface area contributed by atoms with Gasteiger partial charge in [-0.15, -0.1) is 0 Å². The minimum absolute atomic E-state index is 0.252. The predicted octanol–water partition coefficient (Wildman–Crippen LogP) is -1.84. The maximum absolute atomic E-state index is 9.21. The molecule has 5 heteroatoms. The Kier molecular flexibility index (Phi) is 8.27. The number of aliphatic hydroxyl groups is 2. The average molecular weight is 192 g/mol. The van der Waals surface area contributed by atoms with Crippen LogP contribution in [0.25, 0.3) is 0 Å². The maximum Gasteiger partial charge on any atom is 0.0897 e. The smallest absolute Gasteiger partial charge is 0.0897 e. The summed E-state index contributed by atoms with van der Waals surface area (Å²) >= 11 is 0. The van der Waals surface area contributed by atoms with Gasteiger partial charge in [0.1, 0.15) is 0 Å². The van der Waals surface area contributed by atoms with Crippen molar-refractivity contribution in [2.75, 3.05) is 40.4 Å². The third-order valence-corrected chi connectivity index (χ3v) is 1.50. The number of rotatable bonds is 8. The van der Waals surface area contributed by atoms with Gasteiger partial charge in [-0.2, -0.15) is 0 Å². The summed E-state index contributed by atoms with van der Waals surface area (Å²) in [4.78, 5) is 0. The Hall–Kier alpha value is -0.200. The zero-order valence-corrected chi connectivity index (χ0v) is 8.29. The van der Waals surface area contributed by atoms with Gasteiger partial charge in [0.05, 0.1) is 25.4 Å². The Bertz CT molecular complexity index is 102. The van der Waals surface area contributed by atoms with E-state index in [0.29, 0.717) is 13.1 Å². The van der Waals surface area contributed by atoms with Crippen LogP contribution in [0.15, 0.2) is 0 Å². The third kappa shape index (κ3) is 8.14. The molecule has 0 saturated heterocycles. The molecule has 0 aromatic rings. The van der Waals surface area contributed by atoms with Crippen molar-refractivity contribution in [2.45, 2.75) is 12.2 Å². The van der Waals surface area contributed by atoms with Crippen LogP contribution in [0.3, 0.4) is 0 Å². The Morgan fingerprint density at radius 1 is 1.00 bits per heavy atom. The van der Waals surface area contributed by atoms with E-state index in [1.54, 1.807) is 14.1 Å². The molecule has 0 amide bonds. The lowest BCUT2D eigenvalue weighted by atomic mass is 10.3. The molecule has 0 aromatic carbocycles. The van der Waals surface area contributed by atoms with Crippen LogP contribution < -0.4 is 10.6 Å². The highest BCUT2D eigenvalue weighted by Gasteiger charge is 2.05. The Labute approximate surface area is 79.1 Å². The van der Waals surface area contributed by atoms with E-state index in [-0.39, 0.29) is 13.2 Å². The molecular formula is C8H20N2O3. The van der Waals surface area contributed by atoms with E-state index in [0.717, 1.165) is 0 Å². The summed E-state index contributed by atoms with van der Waals surface area (Å²) in [5, 5.41) is 24.1. The molecule has 0 heterocycles. The first kappa shape index (κ1) is 12.8. The number of hydrogen-bond donors (Lipinski definition) is 4. The van der Waals surface area contributed by atoms with E-state index >= 15 is 0 Å². The van der Waals surface area contributed by atoms with Crippen LogP contribution in [0.1, 0.15) is 0 Å². The number of aliphatic hydroxyl groups excluding tert-OH is 2. The molecule has 0 spiro atoms. The summed E-state index contributed by atoms with van der Waals surface area (Å²) in [5.41, 5.74) is 0. The van der Waals surface area contributed by atoms with E-state index in [4.69, 9.17) is 4.74 Å². The highest BCUT2D eigenvalue weighted by Crippen LogP contribution is 1.87. The van der Waals surface area contributed by atoms with Crippen LogP contribution in [-0.2, 0) is 4.74 Å². The fraction of sp³-hybridized carbons (Fsp3) is 1.00. The van der Waals surface area contributed by atoms with Crippen LogP contribution in [0.2, 0.25) is 0 Å². The van der Waals surface area contributed by atoms with Crippen molar-refractivity contribution in [1.29, 1.82) is 0 Å². The number of likely N-dealkylation sites (N-methyl/N-ethyl adjacent to an activating group) is 2. The summed E-state index contributed by atoms with van der Waals surface area (Å²) in [6, 6.07) is 0. The number of nitrogens with one attached hydrogen (secondary N) is 2. The van der Waals surface area contributed by atoms with E-state index in [1.165, 1.54) is 0 Å². The van der Waals surface area contributed by atoms with Crippen LogP contribution in [0.4, 0.5) is 0 Å². The molecule has 13 heavy (non-hydrogen) atoms. The second-order valence-corrected chi connectivity index (χ2v) is 2.96. The monoisotopic (exact) mass is 192 g/mol. The van der Waals surface area contributed by atoms with Gasteiger partial charge in [0.2, 0.25) is 0 Å². The molecule has 0 bridgehead atoms. The summed E-state index contributed by atoms with van der Waals surface area (Å²) in [6.07, 6.45) is -1.02. The molecule has 2 unspecified atom stereocenters. The fourth-order valence-electron chi connectivity index (χ4n) is 0.929. The van der Waals surface area contributed by atoms with Gasteiger partial charge in [-0.25, -0.2) is 0 Å². The van der Waals surface area contributed by atoms with Crippen LogP contribution in [-0.4, -0.2) is 62.8 Å². The molecule has 0 aliphatic rings. The first-order valence-corrected chi connectivity index (χ1v) is 4.43. The molecule has 0 aliphatic heterocycles. The van der Waals surface area contributed by atoms with Crippen molar-refractivity contribution in [1.82, 2.24) is 10.6 Å². The van der Waals surface area contributed by atoms with Gasteiger partial charge in [0, 0.05) is 13.1 Å². The van der Waals surface area contributed by atoms with E-state index in [1.807, 2.05) is 0 Å². The number of ether oxygens (including phenoxy) is 1. The fourth-order valence-corrected chi connectivity index (χ4v) is 0.929. The van der Waals surface area contributed by atoms with Crippen molar-refractivity contribution in [3.63, 3.8) is 0 Å². The molecule has 80 valence electrons. The molecule has 0 rings (SSSR count). The predicted molar refractivity (Wildman–Crippen MR) is 50.7 cm³/mol. The van der Waals surface area contributed by atoms with Crippen molar-refractivity contribution >= 4 is 0 Å². The van der Waals surface area contributed by atoms with Crippen molar-refractivity contribution in [3.05, 3.63) is 0 Å². The second-order valence-electron chi connectivity index (χ2n) is 2.96. The largest absolute Gasteiger partial charge is 0.389 e. The molecule has 4 N–H and O–H groups in total. The summed E-state index contributed by atoms with van der Waals surface area (Å²) < 4.78 is 5.08. The zero-order valence-electron chi connectivity index (χ0n) is 8.29. The lowest BCUT2D eigenvalue weighted by molar-refractivity contribution is -0.00535. The molecule has 0 aromatic heterocycles. The van der Waals surface area contributed by atoms with Crippen LogP contribution in [0.5, 0.6) is 0 Å². The van der Waals surface area contributed by atoms with Gasteiger partial charge in [0.25, 0.3) is 0 Å². The van der Waals surface area contributed by atoms with Gasteiger partial charge in [-0.3, -0.25) is 0 Å². The maximum atomic E-state index is 9.21.